The first-order chi connectivity index (χ1) is 13.0. The number of carbonyl (C=O) groups is 3. The largest absolute Gasteiger partial charge is 0.457 e. The minimum absolute atomic E-state index is 0.0639. The SMILES string of the molecule is CN1C(=O)[C@@H](CC(=O)NCc2cccc(Oc3ccccc3)c2)N(C)C1=O. The molecule has 1 aliphatic heterocycles. The van der Waals surface area contributed by atoms with Gasteiger partial charge in [0.2, 0.25) is 5.91 Å². The first-order valence-electron chi connectivity index (χ1n) is 8.58. The van der Waals surface area contributed by atoms with E-state index in [4.69, 9.17) is 4.74 Å². The number of likely N-dealkylation sites (N-methyl/N-ethyl adjacent to an activating group) is 2. The number of hydrogen-bond donors (Lipinski definition) is 1. The zero-order valence-corrected chi connectivity index (χ0v) is 15.2. The van der Waals surface area contributed by atoms with Crippen molar-refractivity contribution >= 4 is 17.8 Å². The molecule has 0 saturated carbocycles. The van der Waals surface area contributed by atoms with Crippen LogP contribution in [0.5, 0.6) is 11.5 Å². The molecule has 0 aromatic heterocycles. The summed E-state index contributed by atoms with van der Waals surface area (Å²) in [6, 6.07) is 15.7. The van der Waals surface area contributed by atoms with Crippen molar-refractivity contribution in [3.05, 3.63) is 60.2 Å². The van der Waals surface area contributed by atoms with Crippen molar-refractivity contribution in [2.45, 2.75) is 19.0 Å². The lowest BCUT2D eigenvalue weighted by Gasteiger charge is -2.15. The van der Waals surface area contributed by atoms with Crippen LogP contribution in [-0.4, -0.2) is 47.8 Å². The zero-order chi connectivity index (χ0) is 19.4. The molecule has 1 atom stereocenters. The van der Waals surface area contributed by atoms with Gasteiger partial charge in [-0.3, -0.25) is 14.5 Å². The van der Waals surface area contributed by atoms with Gasteiger partial charge in [0.05, 0.1) is 6.42 Å². The van der Waals surface area contributed by atoms with Crippen LogP contribution in [-0.2, 0) is 16.1 Å². The third-order valence-corrected chi connectivity index (χ3v) is 4.42. The molecule has 0 radical (unpaired) electrons. The van der Waals surface area contributed by atoms with E-state index < -0.39 is 12.1 Å². The summed E-state index contributed by atoms with van der Waals surface area (Å²) in [5, 5.41) is 2.78. The second kappa shape index (κ2) is 7.90. The Kier molecular flexibility index (Phi) is 5.40. The first kappa shape index (κ1) is 18.4. The normalized spacial score (nSPS) is 16.6. The summed E-state index contributed by atoms with van der Waals surface area (Å²) in [7, 11) is 2.93. The van der Waals surface area contributed by atoms with Crippen LogP contribution in [0.4, 0.5) is 4.79 Å². The van der Waals surface area contributed by atoms with E-state index in [1.807, 2.05) is 54.6 Å². The molecule has 1 fully saturated rings. The molecular formula is C20H21N3O4. The fourth-order valence-electron chi connectivity index (χ4n) is 2.87. The maximum Gasteiger partial charge on any atom is 0.326 e. The van der Waals surface area contributed by atoms with E-state index in [9.17, 15) is 14.4 Å². The Morgan fingerprint density at radius 2 is 1.74 bits per heavy atom. The minimum atomic E-state index is -0.754. The molecule has 7 nitrogen and oxygen atoms in total. The van der Waals surface area contributed by atoms with E-state index in [0.717, 1.165) is 16.2 Å². The predicted octanol–water partition coefficient (Wildman–Crippen LogP) is 2.38. The number of rotatable bonds is 6. The molecule has 3 rings (SSSR count). The quantitative estimate of drug-likeness (QED) is 0.795. The number of carbonyl (C=O) groups excluding carboxylic acids is 3. The lowest BCUT2D eigenvalue weighted by molar-refractivity contribution is -0.131. The van der Waals surface area contributed by atoms with Crippen molar-refractivity contribution in [1.82, 2.24) is 15.1 Å². The third kappa shape index (κ3) is 4.25. The number of benzene rings is 2. The highest BCUT2D eigenvalue weighted by molar-refractivity contribution is 6.05. The maximum atomic E-state index is 12.2. The highest BCUT2D eigenvalue weighted by Gasteiger charge is 2.41. The van der Waals surface area contributed by atoms with Crippen molar-refractivity contribution < 1.29 is 19.1 Å². The van der Waals surface area contributed by atoms with Crippen molar-refractivity contribution in [2.75, 3.05) is 14.1 Å². The number of hydrogen-bond acceptors (Lipinski definition) is 4. The van der Waals surface area contributed by atoms with Crippen molar-refractivity contribution in [3.8, 4) is 11.5 Å². The average Bonchev–Trinajstić information content (AvgIpc) is 2.85. The average molecular weight is 367 g/mol. The lowest BCUT2D eigenvalue weighted by Crippen LogP contribution is -2.37. The molecule has 0 aliphatic carbocycles. The monoisotopic (exact) mass is 367 g/mol. The Balaban J connectivity index is 1.55. The van der Waals surface area contributed by atoms with Crippen LogP contribution in [0.1, 0.15) is 12.0 Å². The summed E-state index contributed by atoms with van der Waals surface area (Å²) >= 11 is 0. The van der Waals surface area contributed by atoms with E-state index in [0.29, 0.717) is 12.3 Å². The lowest BCUT2D eigenvalue weighted by atomic mass is 10.1. The molecule has 1 N–H and O–H groups in total. The predicted molar refractivity (Wildman–Crippen MR) is 99.1 cm³/mol. The van der Waals surface area contributed by atoms with Crippen LogP contribution < -0.4 is 10.1 Å². The van der Waals surface area contributed by atoms with Gasteiger partial charge in [0.25, 0.3) is 5.91 Å². The summed E-state index contributed by atoms with van der Waals surface area (Å²) in [6.45, 7) is 0.305. The highest BCUT2D eigenvalue weighted by Crippen LogP contribution is 2.22. The van der Waals surface area contributed by atoms with Crippen LogP contribution >= 0.6 is 0 Å². The maximum absolute atomic E-state index is 12.2. The van der Waals surface area contributed by atoms with Crippen molar-refractivity contribution in [1.29, 1.82) is 0 Å². The zero-order valence-electron chi connectivity index (χ0n) is 15.2. The van der Waals surface area contributed by atoms with Gasteiger partial charge in [-0.05, 0) is 29.8 Å². The fraction of sp³-hybridized carbons (Fsp3) is 0.250. The molecule has 27 heavy (non-hydrogen) atoms. The van der Waals surface area contributed by atoms with Crippen LogP contribution in [0.25, 0.3) is 0 Å². The van der Waals surface area contributed by atoms with Crippen molar-refractivity contribution in [3.63, 3.8) is 0 Å². The number of nitrogens with one attached hydrogen (secondary N) is 1. The summed E-state index contributed by atoms with van der Waals surface area (Å²) < 4.78 is 5.78. The van der Waals surface area contributed by atoms with Crippen LogP contribution in [0.2, 0.25) is 0 Å². The molecule has 1 heterocycles. The Bertz CT molecular complexity index is 853. The van der Waals surface area contributed by atoms with Gasteiger partial charge in [-0.25, -0.2) is 4.79 Å². The van der Waals surface area contributed by atoms with Gasteiger partial charge in [0.1, 0.15) is 17.5 Å². The number of para-hydroxylation sites is 1. The molecule has 0 spiro atoms. The van der Waals surface area contributed by atoms with Gasteiger partial charge in [0, 0.05) is 20.6 Å². The first-order valence-corrected chi connectivity index (χ1v) is 8.58. The van der Waals surface area contributed by atoms with Gasteiger partial charge in [0.15, 0.2) is 0 Å². The Morgan fingerprint density at radius 1 is 1.04 bits per heavy atom. The van der Waals surface area contributed by atoms with Crippen molar-refractivity contribution in [2.24, 2.45) is 0 Å². The van der Waals surface area contributed by atoms with E-state index >= 15 is 0 Å². The van der Waals surface area contributed by atoms with Crippen LogP contribution in [0.15, 0.2) is 54.6 Å². The van der Waals surface area contributed by atoms with E-state index in [1.165, 1.54) is 19.0 Å². The molecule has 2 aromatic rings. The standard InChI is InChI=1S/C20H21N3O4/c1-22-17(19(25)23(2)20(22)26)12-18(24)21-13-14-7-6-10-16(11-14)27-15-8-4-3-5-9-15/h3-11,17H,12-13H2,1-2H3,(H,21,24)/t17-/m1/s1. The highest BCUT2D eigenvalue weighted by atomic mass is 16.5. The summed E-state index contributed by atoms with van der Waals surface area (Å²) in [6.07, 6.45) is -0.0639. The Hall–Kier alpha value is -3.35. The smallest absolute Gasteiger partial charge is 0.326 e. The minimum Gasteiger partial charge on any atom is -0.457 e. The number of imide groups is 1. The molecule has 7 heteroatoms. The van der Waals surface area contributed by atoms with E-state index in [1.54, 1.807) is 0 Å². The van der Waals surface area contributed by atoms with Gasteiger partial charge in [-0.15, -0.1) is 0 Å². The fourth-order valence-corrected chi connectivity index (χ4v) is 2.87. The third-order valence-electron chi connectivity index (χ3n) is 4.42. The van der Waals surface area contributed by atoms with Gasteiger partial charge in [-0.1, -0.05) is 30.3 Å². The summed E-state index contributed by atoms with van der Waals surface area (Å²) in [5.74, 6) is 0.745. The molecule has 4 amide bonds. The van der Waals surface area contributed by atoms with E-state index in [-0.39, 0.29) is 18.2 Å². The number of ether oxygens (including phenoxy) is 1. The summed E-state index contributed by atoms with van der Waals surface area (Å²) in [4.78, 5) is 38.3. The Labute approximate surface area is 157 Å². The number of amides is 4. The number of urea groups is 1. The molecule has 0 unspecified atom stereocenters. The van der Waals surface area contributed by atoms with Crippen LogP contribution in [0.3, 0.4) is 0 Å². The van der Waals surface area contributed by atoms with Crippen LogP contribution in [0, 0.1) is 0 Å². The number of nitrogens with zero attached hydrogens (tertiary/aromatic N) is 2. The molecule has 1 aliphatic rings. The topological polar surface area (TPSA) is 79.0 Å². The molecule has 1 saturated heterocycles. The summed E-state index contributed by atoms with van der Waals surface area (Å²) in [5.41, 5.74) is 0.871. The van der Waals surface area contributed by atoms with Gasteiger partial charge >= 0.3 is 6.03 Å². The van der Waals surface area contributed by atoms with Gasteiger partial charge in [-0.2, -0.15) is 0 Å². The van der Waals surface area contributed by atoms with Gasteiger partial charge < -0.3 is 15.0 Å². The molecule has 140 valence electrons. The second-order valence-corrected chi connectivity index (χ2v) is 6.35. The molecular weight excluding hydrogens is 346 g/mol. The molecule has 2 aromatic carbocycles. The van der Waals surface area contributed by atoms with E-state index in [2.05, 4.69) is 5.32 Å². The second-order valence-electron chi connectivity index (χ2n) is 6.35. The Morgan fingerprint density at radius 3 is 2.41 bits per heavy atom. The molecule has 0 bridgehead atoms.